The normalized spacial score (nSPS) is 19.5. The summed E-state index contributed by atoms with van der Waals surface area (Å²) in [5, 5.41) is 2.53. The van der Waals surface area contributed by atoms with Crippen molar-refractivity contribution < 1.29 is 27.6 Å². The maximum absolute atomic E-state index is 13.5. The first-order valence-corrected chi connectivity index (χ1v) is 10.0. The number of nitrogens with zero attached hydrogens (tertiary/aromatic N) is 1. The lowest BCUT2D eigenvalue weighted by Gasteiger charge is -2.34. The molecule has 0 unspecified atom stereocenters. The first-order chi connectivity index (χ1) is 14.6. The van der Waals surface area contributed by atoms with Crippen LogP contribution in [0.2, 0.25) is 0 Å². The summed E-state index contributed by atoms with van der Waals surface area (Å²) in [6, 6.07) is 10.2. The fourth-order valence-corrected chi connectivity index (χ4v) is 4.25. The summed E-state index contributed by atoms with van der Waals surface area (Å²) >= 11 is 0. The summed E-state index contributed by atoms with van der Waals surface area (Å²) in [4.78, 5) is 38.7. The second-order valence-electron chi connectivity index (χ2n) is 8.22. The molecule has 5 nitrogen and oxygen atoms in total. The van der Waals surface area contributed by atoms with E-state index in [1.807, 2.05) is 0 Å². The quantitative estimate of drug-likeness (QED) is 0.574. The summed E-state index contributed by atoms with van der Waals surface area (Å²) in [5.74, 6) is -4.30. The predicted molar refractivity (Wildman–Crippen MR) is 107 cm³/mol. The molecule has 2 fully saturated rings. The SMILES string of the molecule is Cc1cc(C(=O)CN2C(=O)NC3(CCC(F)(F)CC3)C2=O)ccc1-c1cccc(F)c1. The molecule has 1 saturated carbocycles. The highest BCUT2D eigenvalue weighted by Crippen LogP contribution is 2.41. The summed E-state index contributed by atoms with van der Waals surface area (Å²) in [6.45, 7) is 1.31. The Bertz CT molecular complexity index is 1070. The van der Waals surface area contributed by atoms with Crippen LogP contribution in [0.1, 0.15) is 41.6 Å². The Hall–Kier alpha value is -3.16. The number of hydrogen-bond acceptors (Lipinski definition) is 3. The van der Waals surface area contributed by atoms with Crippen molar-refractivity contribution in [3.05, 3.63) is 59.4 Å². The Balaban J connectivity index is 1.50. The molecule has 31 heavy (non-hydrogen) atoms. The molecule has 1 saturated heterocycles. The average Bonchev–Trinajstić information content (AvgIpc) is 2.94. The van der Waals surface area contributed by atoms with Gasteiger partial charge in [0.15, 0.2) is 5.78 Å². The highest BCUT2D eigenvalue weighted by molar-refractivity contribution is 6.11. The van der Waals surface area contributed by atoms with E-state index in [9.17, 15) is 27.6 Å². The van der Waals surface area contributed by atoms with Crippen molar-refractivity contribution in [2.75, 3.05) is 6.54 Å². The topological polar surface area (TPSA) is 66.5 Å². The summed E-state index contributed by atoms with van der Waals surface area (Å²) in [6.07, 6.45) is -1.28. The van der Waals surface area contributed by atoms with Crippen LogP contribution in [0.4, 0.5) is 18.0 Å². The number of rotatable bonds is 4. The summed E-state index contributed by atoms with van der Waals surface area (Å²) in [7, 11) is 0. The predicted octanol–water partition coefficient (Wildman–Crippen LogP) is 4.48. The zero-order chi connectivity index (χ0) is 22.4. The van der Waals surface area contributed by atoms with Gasteiger partial charge in [-0.15, -0.1) is 0 Å². The summed E-state index contributed by atoms with van der Waals surface area (Å²) < 4.78 is 40.5. The highest BCUT2D eigenvalue weighted by atomic mass is 19.3. The minimum atomic E-state index is -2.85. The molecule has 1 aliphatic heterocycles. The minimum Gasteiger partial charge on any atom is -0.323 e. The number of hydrogen-bond donors (Lipinski definition) is 1. The molecule has 2 aromatic carbocycles. The van der Waals surface area contributed by atoms with Gasteiger partial charge in [0, 0.05) is 18.4 Å². The second kappa shape index (κ2) is 7.51. The van der Waals surface area contributed by atoms with Crippen LogP contribution in [0, 0.1) is 12.7 Å². The number of carbonyl (C=O) groups excluding carboxylic acids is 3. The number of aryl methyl sites for hydroxylation is 1. The maximum Gasteiger partial charge on any atom is 0.325 e. The van der Waals surface area contributed by atoms with Gasteiger partial charge in [-0.3, -0.25) is 14.5 Å². The molecule has 8 heteroatoms. The fourth-order valence-electron chi connectivity index (χ4n) is 4.25. The number of ketones is 1. The number of nitrogens with one attached hydrogen (secondary N) is 1. The lowest BCUT2D eigenvalue weighted by atomic mass is 9.80. The van der Waals surface area contributed by atoms with Crippen molar-refractivity contribution in [1.82, 2.24) is 10.2 Å². The van der Waals surface area contributed by atoms with Crippen LogP contribution < -0.4 is 5.32 Å². The van der Waals surface area contributed by atoms with Crippen LogP contribution in [0.5, 0.6) is 0 Å². The molecule has 0 radical (unpaired) electrons. The molecule has 0 atom stereocenters. The number of alkyl halides is 2. The van der Waals surface area contributed by atoms with E-state index in [4.69, 9.17) is 0 Å². The lowest BCUT2D eigenvalue weighted by Crippen LogP contribution is -2.51. The first-order valence-electron chi connectivity index (χ1n) is 10.0. The van der Waals surface area contributed by atoms with Crippen molar-refractivity contribution >= 4 is 17.7 Å². The summed E-state index contributed by atoms with van der Waals surface area (Å²) in [5.41, 5.74) is 1.11. The van der Waals surface area contributed by atoms with Crippen LogP contribution in [0.3, 0.4) is 0 Å². The number of carbonyl (C=O) groups is 3. The van der Waals surface area contributed by atoms with Gasteiger partial charge in [-0.1, -0.05) is 24.3 Å². The van der Waals surface area contributed by atoms with E-state index in [-0.39, 0.29) is 18.7 Å². The van der Waals surface area contributed by atoms with E-state index in [1.165, 1.54) is 12.1 Å². The van der Waals surface area contributed by atoms with E-state index < -0.39 is 48.6 Å². The van der Waals surface area contributed by atoms with Crippen LogP contribution >= 0.6 is 0 Å². The molecule has 2 aromatic rings. The minimum absolute atomic E-state index is 0.156. The van der Waals surface area contributed by atoms with E-state index in [0.29, 0.717) is 11.1 Å². The fraction of sp³-hybridized carbons (Fsp3) is 0.348. The van der Waals surface area contributed by atoms with Crippen molar-refractivity contribution in [2.24, 2.45) is 0 Å². The number of imide groups is 1. The third kappa shape index (κ3) is 3.94. The van der Waals surface area contributed by atoms with Gasteiger partial charge in [0.05, 0.1) is 6.54 Å². The molecule has 2 aliphatic rings. The second-order valence-corrected chi connectivity index (χ2v) is 8.22. The molecule has 1 spiro atoms. The molecule has 1 aliphatic carbocycles. The van der Waals surface area contributed by atoms with Crippen molar-refractivity contribution in [2.45, 2.75) is 44.1 Å². The Morgan fingerprint density at radius 3 is 2.42 bits per heavy atom. The van der Waals surface area contributed by atoms with Crippen LogP contribution in [-0.4, -0.2) is 40.6 Å². The van der Waals surface area contributed by atoms with Crippen LogP contribution in [0.25, 0.3) is 11.1 Å². The molecular weight excluding hydrogens is 409 g/mol. The van der Waals surface area contributed by atoms with Gasteiger partial charge < -0.3 is 5.32 Å². The van der Waals surface area contributed by atoms with E-state index in [2.05, 4.69) is 5.32 Å². The average molecular weight is 430 g/mol. The Morgan fingerprint density at radius 2 is 1.77 bits per heavy atom. The molecule has 1 N–H and O–H groups in total. The molecule has 1 heterocycles. The maximum atomic E-state index is 13.5. The van der Waals surface area contributed by atoms with E-state index >= 15 is 0 Å². The van der Waals surface area contributed by atoms with Crippen molar-refractivity contribution in [1.29, 1.82) is 0 Å². The number of halogens is 3. The lowest BCUT2D eigenvalue weighted by molar-refractivity contribution is -0.135. The number of Topliss-reactive ketones (excluding diaryl/α,β-unsaturated/α-hetero) is 1. The highest BCUT2D eigenvalue weighted by Gasteiger charge is 2.55. The molecule has 162 valence electrons. The van der Waals surface area contributed by atoms with Gasteiger partial charge in [-0.2, -0.15) is 0 Å². The largest absolute Gasteiger partial charge is 0.325 e. The zero-order valence-electron chi connectivity index (χ0n) is 16.9. The van der Waals surface area contributed by atoms with E-state index in [1.54, 1.807) is 37.3 Å². The van der Waals surface area contributed by atoms with E-state index in [0.717, 1.165) is 16.0 Å². The van der Waals surface area contributed by atoms with Gasteiger partial charge in [0.1, 0.15) is 11.4 Å². The smallest absolute Gasteiger partial charge is 0.323 e. The van der Waals surface area contributed by atoms with Gasteiger partial charge in [0.2, 0.25) is 5.92 Å². The molecule has 0 bridgehead atoms. The van der Waals surface area contributed by atoms with Gasteiger partial charge in [-0.05, 0) is 54.7 Å². The molecular formula is C23H21F3N2O3. The van der Waals surface area contributed by atoms with Gasteiger partial charge in [0.25, 0.3) is 5.91 Å². The first kappa shape index (κ1) is 21.1. The molecule has 4 rings (SSSR count). The number of benzene rings is 2. The Labute approximate surface area is 177 Å². The van der Waals surface area contributed by atoms with Crippen molar-refractivity contribution in [3.8, 4) is 11.1 Å². The Morgan fingerprint density at radius 1 is 1.06 bits per heavy atom. The van der Waals surface area contributed by atoms with Crippen molar-refractivity contribution in [3.63, 3.8) is 0 Å². The zero-order valence-corrected chi connectivity index (χ0v) is 16.9. The van der Waals surface area contributed by atoms with Crippen LogP contribution in [0.15, 0.2) is 42.5 Å². The Kier molecular flexibility index (Phi) is 5.11. The van der Waals surface area contributed by atoms with Gasteiger partial charge in [-0.25, -0.2) is 18.0 Å². The standard InChI is InChI=1S/C23H21F3N2O3/c1-14-11-16(5-6-18(14)15-3-2-4-17(24)12-15)19(29)13-28-20(30)22(27-21(28)31)7-9-23(25,26)10-8-22/h2-6,11-12H,7-10,13H2,1H3,(H,27,31). The third-order valence-corrected chi connectivity index (χ3v) is 6.07. The monoisotopic (exact) mass is 430 g/mol. The van der Waals surface area contributed by atoms with Gasteiger partial charge >= 0.3 is 6.03 Å². The third-order valence-electron chi connectivity index (χ3n) is 6.07. The van der Waals surface area contributed by atoms with Crippen LogP contribution in [-0.2, 0) is 4.79 Å². The molecule has 3 amide bonds. The number of amides is 3. The number of urea groups is 1. The molecule has 0 aromatic heterocycles.